The van der Waals surface area contributed by atoms with Gasteiger partial charge in [-0.15, -0.1) is 0 Å². The molecule has 5 aromatic rings. The second kappa shape index (κ2) is 8.60. The van der Waals surface area contributed by atoms with Crippen molar-refractivity contribution in [2.45, 2.75) is 33.6 Å². The average molecular weight is 467 g/mol. The van der Waals surface area contributed by atoms with Gasteiger partial charge in [-0.05, 0) is 87.5 Å². The first kappa shape index (κ1) is 22.5. The number of pyridine rings is 1. The number of fused-ring (bicyclic) bond motifs is 8. The second-order valence-electron chi connectivity index (χ2n) is 10.4. The molecule has 0 radical (unpaired) electrons. The molecule has 0 atom stereocenters. The van der Waals surface area contributed by atoms with Crippen molar-refractivity contribution < 1.29 is 4.57 Å². The van der Waals surface area contributed by atoms with Gasteiger partial charge in [0.05, 0.1) is 0 Å². The summed E-state index contributed by atoms with van der Waals surface area (Å²) >= 11 is 0. The van der Waals surface area contributed by atoms with E-state index in [9.17, 15) is 0 Å². The van der Waals surface area contributed by atoms with Crippen LogP contribution in [0.15, 0.2) is 97.2 Å². The van der Waals surface area contributed by atoms with Crippen LogP contribution in [0.1, 0.15) is 36.5 Å². The van der Waals surface area contributed by atoms with E-state index in [-0.39, 0.29) is 0 Å². The van der Waals surface area contributed by atoms with Crippen molar-refractivity contribution in [2.24, 2.45) is 7.05 Å². The lowest BCUT2D eigenvalue weighted by molar-refractivity contribution is -0.660. The predicted molar refractivity (Wildman–Crippen MR) is 152 cm³/mol. The third-order valence-electron chi connectivity index (χ3n) is 7.73. The third kappa shape index (κ3) is 3.50. The molecule has 1 heteroatoms. The number of benzene rings is 4. The Labute approximate surface area is 214 Å². The van der Waals surface area contributed by atoms with Gasteiger partial charge in [-0.2, -0.15) is 0 Å². The standard InChI is InChI=1S/C35H32N/c1-22(2)34-21-36(5)35(19-24(34)4)31-20-33-30-17-11-9-15-28(30)26-13-7-6-12-25(26)27-14-8-10-16-29(27)32(33)18-23(31)3/h6-22H,1-5H3/q+1. The number of aromatic nitrogens is 1. The van der Waals surface area contributed by atoms with Crippen LogP contribution in [0.2, 0.25) is 0 Å². The van der Waals surface area contributed by atoms with Crippen molar-refractivity contribution in [3.05, 3.63) is 114 Å². The van der Waals surface area contributed by atoms with E-state index in [0.29, 0.717) is 5.92 Å². The monoisotopic (exact) mass is 466 g/mol. The van der Waals surface area contributed by atoms with Crippen LogP contribution in [-0.2, 0) is 7.05 Å². The molecule has 1 heterocycles. The maximum absolute atomic E-state index is 2.43. The van der Waals surface area contributed by atoms with Crippen LogP contribution in [0.4, 0.5) is 0 Å². The summed E-state index contributed by atoms with van der Waals surface area (Å²) in [6.45, 7) is 9.03. The van der Waals surface area contributed by atoms with Gasteiger partial charge in [0.15, 0.2) is 6.20 Å². The van der Waals surface area contributed by atoms with Crippen LogP contribution in [0.3, 0.4) is 0 Å². The minimum absolute atomic E-state index is 0.505. The summed E-state index contributed by atoms with van der Waals surface area (Å²) in [6, 6.07) is 33.8. The molecule has 0 saturated carbocycles. The molecule has 1 aliphatic carbocycles. The fourth-order valence-electron chi connectivity index (χ4n) is 5.93. The molecular formula is C35H32N+. The molecule has 0 fully saturated rings. The molecule has 0 aliphatic heterocycles. The molecule has 6 rings (SSSR count). The van der Waals surface area contributed by atoms with E-state index < -0.39 is 0 Å². The van der Waals surface area contributed by atoms with Crippen molar-refractivity contribution in [3.63, 3.8) is 0 Å². The average Bonchev–Trinajstić information content (AvgIpc) is 2.89. The van der Waals surface area contributed by atoms with Crippen LogP contribution >= 0.6 is 0 Å². The van der Waals surface area contributed by atoms with E-state index >= 15 is 0 Å². The molecule has 176 valence electrons. The van der Waals surface area contributed by atoms with Gasteiger partial charge in [0.25, 0.3) is 0 Å². The number of hydrogen-bond donors (Lipinski definition) is 0. The van der Waals surface area contributed by atoms with E-state index in [1.807, 2.05) is 0 Å². The summed E-state index contributed by atoms with van der Waals surface area (Å²) in [5.74, 6) is 0.505. The zero-order valence-electron chi connectivity index (χ0n) is 21.8. The second-order valence-corrected chi connectivity index (χ2v) is 10.4. The highest BCUT2D eigenvalue weighted by Crippen LogP contribution is 2.48. The molecular weight excluding hydrogens is 434 g/mol. The highest BCUT2D eigenvalue weighted by molar-refractivity contribution is 6.03. The van der Waals surface area contributed by atoms with E-state index in [4.69, 9.17) is 0 Å². The Morgan fingerprint density at radius 3 is 1.36 bits per heavy atom. The van der Waals surface area contributed by atoms with Gasteiger partial charge in [-0.1, -0.05) is 86.6 Å². The number of nitrogens with zero attached hydrogens (tertiary/aromatic N) is 1. The van der Waals surface area contributed by atoms with Crippen molar-refractivity contribution >= 4 is 0 Å². The SMILES string of the molecule is Cc1cc2c(cc1-c1cc(C)c(C(C)C)c[n+]1C)-c1ccccc1-c1ccccc1-c1ccccc1-2. The Balaban J connectivity index is 1.70. The minimum Gasteiger partial charge on any atom is -0.201 e. The number of aryl methyl sites for hydroxylation is 3. The van der Waals surface area contributed by atoms with Gasteiger partial charge in [-0.25, -0.2) is 4.57 Å². The summed E-state index contributed by atoms with van der Waals surface area (Å²) in [4.78, 5) is 0. The molecule has 1 nitrogen and oxygen atoms in total. The van der Waals surface area contributed by atoms with E-state index in [1.165, 1.54) is 72.5 Å². The van der Waals surface area contributed by atoms with Crippen molar-refractivity contribution in [1.82, 2.24) is 0 Å². The van der Waals surface area contributed by atoms with Crippen molar-refractivity contribution in [1.29, 1.82) is 0 Å². The quantitative estimate of drug-likeness (QED) is 0.224. The maximum Gasteiger partial charge on any atom is 0.212 e. The Bertz CT molecular complexity index is 1640. The highest BCUT2D eigenvalue weighted by atomic mass is 14.9. The largest absolute Gasteiger partial charge is 0.212 e. The first-order valence-electron chi connectivity index (χ1n) is 12.9. The number of rotatable bonds is 2. The lowest BCUT2D eigenvalue weighted by Crippen LogP contribution is -2.32. The zero-order chi connectivity index (χ0) is 25.0. The molecule has 0 N–H and O–H groups in total. The summed E-state index contributed by atoms with van der Waals surface area (Å²) in [5, 5.41) is 0. The topological polar surface area (TPSA) is 3.88 Å². The van der Waals surface area contributed by atoms with Crippen molar-refractivity contribution in [3.8, 4) is 55.8 Å². The van der Waals surface area contributed by atoms with Gasteiger partial charge >= 0.3 is 0 Å². The lowest BCUT2D eigenvalue weighted by atomic mass is 9.79. The van der Waals surface area contributed by atoms with Gasteiger partial charge < -0.3 is 0 Å². The molecule has 1 aromatic heterocycles. The molecule has 0 saturated heterocycles. The Morgan fingerprint density at radius 2 is 0.917 bits per heavy atom. The minimum atomic E-state index is 0.505. The molecule has 36 heavy (non-hydrogen) atoms. The van der Waals surface area contributed by atoms with Crippen LogP contribution in [0.25, 0.3) is 55.8 Å². The fraction of sp³-hybridized carbons (Fsp3) is 0.171. The van der Waals surface area contributed by atoms with Gasteiger partial charge in [0.1, 0.15) is 7.05 Å². The molecule has 0 bridgehead atoms. The van der Waals surface area contributed by atoms with Crippen LogP contribution in [0.5, 0.6) is 0 Å². The van der Waals surface area contributed by atoms with Gasteiger partial charge in [0, 0.05) is 17.2 Å². The lowest BCUT2D eigenvalue weighted by Gasteiger charge is -2.24. The van der Waals surface area contributed by atoms with E-state index in [1.54, 1.807) is 0 Å². The molecule has 0 amide bonds. The highest BCUT2D eigenvalue weighted by Gasteiger charge is 2.25. The number of hydrogen-bond acceptors (Lipinski definition) is 0. The summed E-state index contributed by atoms with van der Waals surface area (Å²) in [5.41, 5.74) is 16.9. The third-order valence-corrected chi connectivity index (χ3v) is 7.73. The zero-order valence-corrected chi connectivity index (χ0v) is 21.8. The molecule has 1 aliphatic rings. The molecule has 4 aromatic carbocycles. The van der Waals surface area contributed by atoms with Crippen LogP contribution in [-0.4, -0.2) is 0 Å². The first-order valence-corrected chi connectivity index (χ1v) is 12.9. The fourth-order valence-corrected chi connectivity index (χ4v) is 5.93. The summed E-state index contributed by atoms with van der Waals surface area (Å²) < 4.78 is 2.30. The Hall–Kier alpha value is -3.97. The Kier molecular flexibility index (Phi) is 5.38. The summed E-state index contributed by atoms with van der Waals surface area (Å²) in [6.07, 6.45) is 2.31. The van der Waals surface area contributed by atoms with Crippen molar-refractivity contribution in [2.75, 3.05) is 0 Å². The van der Waals surface area contributed by atoms with E-state index in [2.05, 4.69) is 137 Å². The molecule has 0 spiro atoms. The van der Waals surface area contributed by atoms with E-state index in [0.717, 1.165) is 0 Å². The normalized spacial score (nSPS) is 11.7. The van der Waals surface area contributed by atoms with Gasteiger partial charge in [0.2, 0.25) is 5.69 Å². The first-order chi connectivity index (χ1) is 17.4. The Morgan fingerprint density at radius 1 is 0.500 bits per heavy atom. The molecule has 0 unspecified atom stereocenters. The van der Waals surface area contributed by atoms with Crippen LogP contribution < -0.4 is 4.57 Å². The maximum atomic E-state index is 2.43. The smallest absolute Gasteiger partial charge is 0.201 e. The predicted octanol–water partition coefficient (Wildman–Crippen LogP) is 8.90. The van der Waals surface area contributed by atoms with Crippen LogP contribution in [0, 0.1) is 13.8 Å². The van der Waals surface area contributed by atoms with Gasteiger partial charge in [-0.3, -0.25) is 0 Å². The summed E-state index contributed by atoms with van der Waals surface area (Å²) in [7, 11) is 2.18.